The molecule has 2 unspecified atom stereocenters. The molecule has 0 radical (unpaired) electrons. The summed E-state index contributed by atoms with van der Waals surface area (Å²) in [6, 6.07) is 0. The third-order valence-corrected chi connectivity index (χ3v) is 22.3. The van der Waals surface area contributed by atoms with E-state index in [2.05, 4.69) is 58.9 Å². The van der Waals surface area contributed by atoms with Crippen LogP contribution >= 0.6 is 15.6 Å². The molecule has 0 spiro atoms. The van der Waals surface area contributed by atoms with E-state index in [1.54, 1.807) is 0 Å². The normalized spacial score (nSPS) is 13.9. The number of phosphoric acid groups is 2. The van der Waals surface area contributed by atoms with Gasteiger partial charge in [-0.05, 0) is 57.3 Å². The van der Waals surface area contributed by atoms with Gasteiger partial charge in [-0.15, -0.1) is 0 Å². The van der Waals surface area contributed by atoms with Gasteiger partial charge in [-0.3, -0.25) is 37.3 Å². The molecule has 0 aromatic rings. The number of carbonyl (C=O) groups excluding carboxylic acids is 4. The van der Waals surface area contributed by atoms with Gasteiger partial charge in [0.2, 0.25) is 0 Å². The molecule has 108 heavy (non-hydrogen) atoms. The van der Waals surface area contributed by atoms with Crippen molar-refractivity contribution < 1.29 is 80.2 Å². The molecular formula is C89H170O17P2. The molecule has 638 valence electrons. The van der Waals surface area contributed by atoms with Crippen molar-refractivity contribution >= 4 is 39.5 Å². The van der Waals surface area contributed by atoms with Crippen LogP contribution in [0.4, 0.5) is 0 Å². The molecule has 0 aromatic heterocycles. The van der Waals surface area contributed by atoms with Crippen LogP contribution in [0.3, 0.4) is 0 Å². The number of aliphatic hydroxyl groups excluding tert-OH is 1. The van der Waals surface area contributed by atoms with E-state index in [1.165, 1.54) is 263 Å². The fourth-order valence-corrected chi connectivity index (χ4v) is 15.0. The van der Waals surface area contributed by atoms with Gasteiger partial charge >= 0.3 is 39.5 Å². The van der Waals surface area contributed by atoms with Gasteiger partial charge in [-0.25, -0.2) is 9.13 Å². The zero-order valence-corrected chi connectivity index (χ0v) is 72.3. The van der Waals surface area contributed by atoms with Crippen LogP contribution in [-0.4, -0.2) is 96.7 Å². The lowest BCUT2D eigenvalue weighted by Crippen LogP contribution is -2.30. The molecule has 0 aliphatic heterocycles. The van der Waals surface area contributed by atoms with Crippen molar-refractivity contribution in [2.75, 3.05) is 39.6 Å². The van der Waals surface area contributed by atoms with Gasteiger partial charge in [0.15, 0.2) is 12.2 Å². The predicted octanol–water partition coefficient (Wildman–Crippen LogP) is 27.1. The topological polar surface area (TPSA) is 237 Å². The largest absolute Gasteiger partial charge is 0.472 e. The Hall–Kier alpha value is -2.46. The Bertz CT molecular complexity index is 2140. The molecule has 5 atom stereocenters. The summed E-state index contributed by atoms with van der Waals surface area (Å²) in [7, 11) is -9.94. The van der Waals surface area contributed by atoms with Crippen LogP contribution in [0.1, 0.15) is 458 Å². The zero-order chi connectivity index (χ0) is 79.0. The Labute approximate surface area is 663 Å². The number of ether oxygens (including phenoxy) is 4. The first kappa shape index (κ1) is 106. The Morgan fingerprint density at radius 1 is 0.287 bits per heavy atom. The summed E-state index contributed by atoms with van der Waals surface area (Å²) in [6.45, 7) is 7.21. The predicted molar refractivity (Wildman–Crippen MR) is 446 cm³/mol. The highest BCUT2D eigenvalue weighted by Gasteiger charge is 2.30. The molecule has 0 heterocycles. The Balaban J connectivity index is 5.21. The summed E-state index contributed by atoms with van der Waals surface area (Å²) >= 11 is 0. The molecule has 17 nitrogen and oxygen atoms in total. The summed E-state index contributed by atoms with van der Waals surface area (Å²) in [6.07, 6.45) is 79.1. The van der Waals surface area contributed by atoms with Crippen LogP contribution in [-0.2, 0) is 65.4 Å². The van der Waals surface area contributed by atoms with E-state index in [4.69, 9.17) is 37.0 Å². The standard InChI is InChI=1S/C89H170O17P2/c1-6-9-12-15-18-21-24-27-30-32-34-36-38-40-42-45-47-50-53-56-62-67-72-86(91)99-78-84(105-88(93)74-70-65-58-55-52-49-46-43-41-39-37-35-33-31-28-25-22-19-16-13-10-7-2)80-103-107(95,96)101-76-83(90)77-102-108(97,98)104-81-85(79-100-87(92)73-68-63-60-59-61-66-71-82(4)5)106-89(94)75-69-64-57-54-51-48-44-29-26-23-20-17-14-11-8-3/h23,26,29,44,82-85,90H,6-22,24-25,27-28,30-43,45-81H2,1-5H3,(H,95,96)(H,97,98)/b26-23-,44-29-/t83-,84-,85-/m1/s1. The molecule has 0 fully saturated rings. The molecule has 0 aromatic carbocycles. The molecular weight excluding hydrogens is 1400 g/mol. The highest BCUT2D eigenvalue weighted by Crippen LogP contribution is 2.45. The number of allylic oxidation sites excluding steroid dienone is 4. The van der Waals surface area contributed by atoms with E-state index in [9.17, 15) is 43.2 Å². The van der Waals surface area contributed by atoms with Crippen molar-refractivity contribution in [1.29, 1.82) is 0 Å². The lowest BCUT2D eigenvalue weighted by molar-refractivity contribution is -0.161. The number of carbonyl (C=O) groups is 4. The van der Waals surface area contributed by atoms with E-state index in [0.717, 1.165) is 109 Å². The van der Waals surface area contributed by atoms with Crippen molar-refractivity contribution in [2.45, 2.75) is 477 Å². The van der Waals surface area contributed by atoms with Gasteiger partial charge in [0, 0.05) is 25.7 Å². The fraction of sp³-hybridized carbons (Fsp3) is 0.910. The Morgan fingerprint density at radius 3 is 0.759 bits per heavy atom. The number of aliphatic hydroxyl groups is 1. The number of rotatable bonds is 87. The molecule has 3 N–H and O–H groups in total. The number of esters is 4. The van der Waals surface area contributed by atoms with E-state index in [1.807, 2.05) is 0 Å². The van der Waals surface area contributed by atoms with Crippen LogP contribution in [0.15, 0.2) is 24.3 Å². The first-order valence-electron chi connectivity index (χ1n) is 45.5. The quantitative estimate of drug-likeness (QED) is 0.0169. The SMILES string of the molecule is CCCCCC/C=C\C=C/CCCCCCCC(=O)O[C@H](COC(=O)CCCCCCCCC(C)C)COP(=O)(O)OC[C@H](O)COP(=O)(O)OC[C@@H](COC(=O)CCCCCCCCCCCCCCCCCCCCCCCC)OC(=O)CCCCCCCCCCCCCCCCCCCCCCCC. The van der Waals surface area contributed by atoms with E-state index in [0.29, 0.717) is 31.6 Å². The number of hydrogen-bond acceptors (Lipinski definition) is 15. The van der Waals surface area contributed by atoms with Crippen molar-refractivity contribution in [3.63, 3.8) is 0 Å². The summed E-state index contributed by atoms with van der Waals surface area (Å²) in [5.41, 5.74) is 0. The minimum atomic E-state index is -4.97. The van der Waals surface area contributed by atoms with Gasteiger partial charge in [0.1, 0.15) is 19.3 Å². The van der Waals surface area contributed by atoms with Gasteiger partial charge in [-0.1, -0.05) is 406 Å². The average Bonchev–Trinajstić information content (AvgIpc) is 0.855. The van der Waals surface area contributed by atoms with E-state index < -0.39 is 97.5 Å². The maximum absolute atomic E-state index is 13.2. The van der Waals surface area contributed by atoms with E-state index in [-0.39, 0.29) is 25.7 Å². The second kappa shape index (κ2) is 81.1. The number of unbranched alkanes of at least 4 members (excludes halogenated alkanes) is 56. The first-order valence-corrected chi connectivity index (χ1v) is 48.4. The smallest absolute Gasteiger partial charge is 0.462 e. The van der Waals surface area contributed by atoms with Crippen molar-refractivity contribution in [1.82, 2.24) is 0 Å². The van der Waals surface area contributed by atoms with Crippen molar-refractivity contribution in [2.24, 2.45) is 5.92 Å². The summed E-state index contributed by atoms with van der Waals surface area (Å²) in [4.78, 5) is 73.2. The summed E-state index contributed by atoms with van der Waals surface area (Å²) in [5.74, 6) is -1.46. The van der Waals surface area contributed by atoms with Crippen molar-refractivity contribution in [3.05, 3.63) is 24.3 Å². The number of phosphoric ester groups is 2. The minimum absolute atomic E-state index is 0.0845. The average molecular weight is 1570 g/mol. The van der Waals surface area contributed by atoms with Crippen LogP contribution in [0.2, 0.25) is 0 Å². The molecule has 0 aliphatic rings. The summed E-state index contributed by atoms with van der Waals surface area (Å²) < 4.78 is 68.8. The highest BCUT2D eigenvalue weighted by atomic mass is 31.2. The second-order valence-corrected chi connectivity index (χ2v) is 34.7. The van der Waals surface area contributed by atoms with Gasteiger partial charge in [-0.2, -0.15) is 0 Å². The maximum Gasteiger partial charge on any atom is 0.472 e. The zero-order valence-electron chi connectivity index (χ0n) is 70.5. The van der Waals surface area contributed by atoms with Crippen LogP contribution in [0.5, 0.6) is 0 Å². The van der Waals surface area contributed by atoms with Gasteiger partial charge < -0.3 is 33.8 Å². The third kappa shape index (κ3) is 81.6. The molecule has 19 heteroatoms. The lowest BCUT2D eigenvalue weighted by Gasteiger charge is -2.21. The minimum Gasteiger partial charge on any atom is -0.462 e. The van der Waals surface area contributed by atoms with Crippen LogP contribution < -0.4 is 0 Å². The molecule has 0 saturated heterocycles. The molecule has 0 amide bonds. The monoisotopic (exact) mass is 1570 g/mol. The van der Waals surface area contributed by atoms with Crippen LogP contribution in [0, 0.1) is 5.92 Å². The first-order chi connectivity index (χ1) is 52.5. The van der Waals surface area contributed by atoms with Gasteiger partial charge in [0.25, 0.3) is 0 Å². The Morgan fingerprint density at radius 2 is 0.500 bits per heavy atom. The molecule has 0 saturated carbocycles. The number of hydrogen-bond donors (Lipinski definition) is 3. The summed E-state index contributed by atoms with van der Waals surface area (Å²) in [5, 5.41) is 10.7. The molecule has 0 bridgehead atoms. The highest BCUT2D eigenvalue weighted by molar-refractivity contribution is 7.47. The second-order valence-electron chi connectivity index (χ2n) is 31.8. The maximum atomic E-state index is 13.2. The fourth-order valence-electron chi connectivity index (χ4n) is 13.5. The third-order valence-electron chi connectivity index (χ3n) is 20.4. The van der Waals surface area contributed by atoms with E-state index >= 15 is 0 Å². The Kier molecular flexibility index (Phi) is 79.3. The lowest BCUT2D eigenvalue weighted by atomic mass is 10.0. The van der Waals surface area contributed by atoms with Crippen molar-refractivity contribution in [3.8, 4) is 0 Å². The van der Waals surface area contributed by atoms with Crippen LogP contribution in [0.25, 0.3) is 0 Å². The van der Waals surface area contributed by atoms with Gasteiger partial charge in [0.05, 0.1) is 26.4 Å². The molecule has 0 aliphatic carbocycles. The molecule has 0 rings (SSSR count).